The number of carbonyl (C=O) groups excluding carboxylic acids is 1. The number of rotatable bonds is 8. The van der Waals surface area contributed by atoms with Gasteiger partial charge in [0.1, 0.15) is 6.04 Å². The Hall–Kier alpha value is -2.48. The van der Waals surface area contributed by atoms with Crippen molar-refractivity contribution in [2.24, 2.45) is 0 Å². The first kappa shape index (κ1) is 21.2. The van der Waals surface area contributed by atoms with Crippen molar-refractivity contribution in [3.8, 4) is 0 Å². The predicted molar refractivity (Wildman–Crippen MR) is 117 cm³/mol. The van der Waals surface area contributed by atoms with E-state index < -0.39 is 16.1 Å². The molecule has 2 N–H and O–H groups in total. The highest BCUT2D eigenvalue weighted by molar-refractivity contribution is 9.10. The van der Waals surface area contributed by atoms with Crippen molar-refractivity contribution < 1.29 is 13.2 Å². The van der Waals surface area contributed by atoms with Gasteiger partial charge in [-0.2, -0.15) is 4.72 Å². The Bertz CT molecular complexity index is 1040. The van der Waals surface area contributed by atoms with Crippen LogP contribution in [0.25, 0.3) is 0 Å². The highest BCUT2D eigenvalue weighted by Crippen LogP contribution is 2.16. The van der Waals surface area contributed by atoms with Crippen LogP contribution in [0.2, 0.25) is 0 Å². The number of benzene rings is 3. The van der Waals surface area contributed by atoms with Gasteiger partial charge in [-0.25, -0.2) is 8.42 Å². The molecule has 0 aliphatic rings. The molecule has 0 aliphatic heterocycles. The lowest BCUT2D eigenvalue weighted by atomic mass is 10.1. The molecule has 29 heavy (non-hydrogen) atoms. The molecule has 3 aromatic rings. The van der Waals surface area contributed by atoms with Gasteiger partial charge in [-0.15, -0.1) is 0 Å². The van der Waals surface area contributed by atoms with Crippen molar-refractivity contribution in [2.45, 2.75) is 23.9 Å². The van der Waals surface area contributed by atoms with Crippen LogP contribution in [0.4, 0.5) is 0 Å². The van der Waals surface area contributed by atoms with Crippen LogP contribution >= 0.6 is 15.9 Å². The number of hydrogen-bond donors (Lipinski definition) is 2. The minimum atomic E-state index is -3.86. The highest BCUT2D eigenvalue weighted by Gasteiger charge is 2.26. The van der Waals surface area contributed by atoms with Crippen LogP contribution in [-0.4, -0.2) is 20.4 Å². The molecular weight excluding hydrogens is 452 g/mol. The molecule has 0 spiro atoms. The smallest absolute Gasteiger partial charge is 0.241 e. The summed E-state index contributed by atoms with van der Waals surface area (Å²) in [4.78, 5) is 12.9. The fourth-order valence-electron chi connectivity index (χ4n) is 2.81. The Kier molecular flexibility index (Phi) is 7.19. The molecule has 0 aliphatic carbocycles. The summed E-state index contributed by atoms with van der Waals surface area (Å²) in [5.41, 5.74) is 1.81. The summed E-state index contributed by atoms with van der Waals surface area (Å²) in [6.45, 7) is 0.324. The molecule has 7 heteroatoms. The van der Waals surface area contributed by atoms with Gasteiger partial charge in [-0.3, -0.25) is 4.79 Å². The van der Waals surface area contributed by atoms with Crippen molar-refractivity contribution in [3.05, 3.63) is 101 Å². The molecule has 3 rings (SSSR count). The maximum absolute atomic E-state index is 12.8. The van der Waals surface area contributed by atoms with E-state index >= 15 is 0 Å². The maximum Gasteiger partial charge on any atom is 0.241 e. The van der Waals surface area contributed by atoms with Crippen LogP contribution < -0.4 is 10.0 Å². The normalized spacial score (nSPS) is 12.3. The first-order chi connectivity index (χ1) is 13.9. The van der Waals surface area contributed by atoms with Gasteiger partial charge in [-0.05, 0) is 41.8 Å². The Morgan fingerprint density at radius 2 is 1.38 bits per heavy atom. The molecule has 1 atom stereocenters. The zero-order valence-electron chi connectivity index (χ0n) is 15.6. The first-order valence-corrected chi connectivity index (χ1v) is 11.3. The molecule has 150 valence electrons. The molecule has 0 radical (unpaired) electrons. The third kappa shape index (κ3) is 6.25. The number of amides is 1. The molecular formula is C22H21BrN2O3S. The molecule has 0 bridgehead atoms. The Labute approximate surface area is 179 Å². The predicted octanol–water partition coefficient (Wildman–Crippen LogP) is 3.66. The molecule has 0 aromatic heterocycles. The third-order valence-electron chi connectivity index (χ3n) is 4.33. The van der Waals surface area contributed by atoms with Crippen LogP contribution in [-0.2, 0) is 27.8 Å². The second-order valence-corrected chi connectivity index (χ2v) is 9.15. The van der Waals surface area contributed by atoms with Crippen molar-refractivity contribution in [2.75, 3.05) is 0 Å². The SMILES string of the molecule is O=C(NCc1ccccc1)[C@H](Cc1ccccc1)NS(=O)(=O)c1ccc(Br)cc1. The van der Waals surface area contributed by atoms with E-state index in [-0.39, 0.29) is 17.2 Å². The monoisotopic (exact) mass is 472 g/mol. The summed E-state index contributed by atoms with van der Waals surface area (Å²) >= 11 is 3.29. The van der Waals surface area contributed by atoms with Gasteiger partial charge < -0.3 is 5.32 Å². The van der Waals surface area contributed by atoms with Gasteiger partial charge in [0.05, 0.1) is 4.90 Å². The summed E-state index contributed by atoms with van der Waals surface area (Å²) in [6.07, 6.45) is 0.247. The number of halogens is 1. The van der Waals surface area contributed by atoms with Crippen LogP contribution in [0, 0.1) is 0 Å². The van der Waals surface area contributed by atoms with E-state index in [0.29, 0.717) is 6.54 Å². The fourth-order valence-corrected chi connectivity index (χ4v) is 4.27. The Morgan fingerprint density at radius 3 is 1.97 bits per heavy atom. The number of sulfonamides is 1. The van der Waals surface area contributed by atoms with E-state index in [9.17, 15) is 13.2 Å². The van der Waals surface area contributed by atoms with Crippen molar-refractivity contribution >= 4 is 31.9 Å². The minimum Gasteiger partial charge on any atom is -0.351 e. The molecule has 0 saturated heterocycles. The number of carbonyl (C=O) groups is 1. The van der Waals surface area contributed by atoms with Gasteiger partial charge in [-0.1, -0.05) is 76.6 Å². The molecule has 1 amide bonds. The third-order valence-corrected chi connectivity index (χ3v) is 6.35. The van der Waals surface area contributed by atoms with E-state index in [0.717, 1.165) is 15.6 Å². The van der Waals surface area contributed by atoms with Gasteiger partial charge in [0.2, 0.25) is 15.9 Å². The standard InChI is InChI=1S/C22H21BrN2O3S/c23-19-11-13-20(14-12-19)29(27,28)25-21(15-17-7-3-1-4-8-17)22(26)24-16-18-9-5-2-6-10-18/h1-14,21,25H,15-16H2,(H,24,26)/t21-/m0/s1. The van der Waals surface area contributed by atoms with Gasteiger partial charge >= 0.3 is 0 Å². The Morgan fingerprint density at radius 1 is 0.828 bits per heavy atom. The van der Waals surface area contributed by atoms with Crippen molar-refractivity contribution in [1.82, 2.24) is 10.0 Å². The summed E-state index contributed by atoms with van der Waals surface area (Å²) in [5, 5.41) is 2.83. The maximum atomic E-state index is 12.8. The number of hydrogen-bond acceptors (Lipinski definition) is 3. The molecule has 0 unspecified atom stereocenters. The van der Waals surface area contributed by atoms with E-state index in [4.69, 9.17) is 0 Å². The zero-order chi connectivity index (χ0) is 20.7. The first-order valence-electron chi connectivity index (χ1n) is 9.07. The van der Waals surface area contributed by atoms with Gasteiger partial charge in [0.25, 0.3) is 0 Å². The summed E-state index contributed by atoms with van der Waals surface area (Å²) in [7, 11) is -3.86. The lowest BCUT2D eigenvalue weighted by Crippen LogP contribution is -2.47. The second kappa shape index (κ2) is 9.82. The lowest BCUT2D eigenvalue weighted by molar-refractivity contribution is -0.122. The zero-order valence-corrected chi connectivity index (χ0v) is 18.0. The summed E-state index contributed by atoms with van der Waals surface area (Å²) in [6, 6.07) is 24.2. The van der Waals surface area contributed by atoms with Crippen LogP contribution in [0.3, 0.4) is 0 Å². The largest absolute Gasteiger partial charge is 0.351 e. The lowest BCUT2D eigenvalue weighted by Gasteiger charge is -2.19. The van der Waals surface area contributed by atoms with Crippen LogP contribution in [0.5, 0.6) is 0 Å². The van der Waals surface area contributed by atoms with E-state index in [2.05, 4.69) is 26.0 Å². The second-order valence-electron chi connectivity index (χ2n) is 6.52. The molecule has 0 fully saturated rings. The van der Waals surface area contributed by atoms with Gasteiger partial charge in [0, 0.05) is 11.0 Å². The van der Waals surface area contributed by atoms with Gasteiger partial charge in [0.15, 0.2) is 0 Å². The van der Waals surface area contributed by atoms with E-state index in [1.54, 1.807) is 12.1 Å². The highest BCUT2D eigenvalue weighted by atomic mass is 79.9. The fraction of sp³-hybridized carbons (Fsp3) is 0.136. The van der Waals surface area contributed by atoms with Crippen molar-refractivity contribution in [1.29, 1.82) is 0 Å². The average molecular weight is 473 g/mol. The molecule has 0 heterocycles. The van der Waals surface area contributed by atoms with E-state index in [1.807, 2.05) is 60.7 Å². The minimum absolute atomic E-state index is 0.106. The molecule has 5 nitrogen and oxygen atoms in total. The van der Waals surface area contributed by atoms with Crippen LogP contribution in [0.1, 0.15) is 11.1 Å². The quantitative estimate of drug-likeness (QED) is 0.525. The average Bonchev–Trinajstić information content (AvgIpc) is 2.73. The van der Waals surface area contributed by atoms with Crippen molar-refractivity contribution in [3.63, 3.8) is 0 Å². The topological polar surface area (TPSA) is 75.3 Å². The van der Waals surface area contributed by atoms with Crippen LogP contribution in [0.15, 0.2) is 94.3 Å². The number of nitrogens with one attached hydrogen (secondary N) is 2. The summed E-state index contributed by atoms with van der Waals surface area (Å²) in [5.74, 6) is -0.376. The Balaban J connectivity index is 1.78. The van der Waals surface area contributed by atoms with E-state index in [1.165, 1.54) is 12.1 Å². The molecule has 0 saturated carbocycles. The summed E-state index contributed by atoms with van der Waals surface area (Å²) < 4.78 is 29.0. The molecule has 3 aromatic carbocycles.